The average Bonchev–Trinajstić information content (AvgIpc) is 3.60. The van der Waals surface area contributed by atoms with E-state index in [0.717, 1.165) is 35.7 Å². The molecule has 1 saturated heterocycles. The van der Waals surface area contributed by atoms with Crippen molar-refractivity contribution >= 4 is 23.5 Å². The van der Waals surface area contributed by atoms with Crippen molar-refractivity contribution in [1.82, 2.24) is 25.1 Å². The molecule has 2 aliphatic heterocycles. The van der Waals surface area contributed by atoms with Crippen LogP contribution in [0.1, 0.15) is 46.3 Å². The number of aromatic nitrogens is 2. The standard InChI is InChI=1S/C24H28N6O3/c1-15-13-20(27-16(2)26-15)28-9-11-29(12-10-28)21(31)14-25-23(32)22-18-5-3-4-6-19(18)24(33)30(22)17-7-8-17/h3-6,13,17,22H,7-12,14H2,1-2H3,(H,25,32). The van der Waals surface area contributed by atoms with E-state index >= 15 is 0 Å². The molecule has 1 atom stereocenters. The number of piperazine rings is 1. The molecular weight excluding hydrogens is 420 g/mol. The SMILES string of the molecule is Cc1cc(N2CCN(C(=O)CNC(=O)C3c4ccccc4C(=O)N3C3CC3)CC2)nc(C)n1. The van der Waals surface area contributed by atoms with Crippen molar-refractivity contribution in [3.63, 3.8) is 0 Å². The van der Waals surface area contributed by atoms with Crippen LogP contribution in [0.5, 0.6) is 0 Å². The first kappa shape index (κ1) is 21.4. The second-order valence-electron chi connectivity index (χ2n) is 8.93. The second kappa shape index (κ2) is 8.46. The monoisotopic (exact) mass is 448 g/mol. The number of anilines is 1. The fourth-order valence-corrected chi connectivity index (χ4v) is 4.75. The Hall–Kier alpha value is -3.49. The number of carbonyl (C=O) groups is 3. The largest absolute Gasteiger partial charge is 0.353 e. The Morgan fingerprint density at radius 3 is 2.48 bits per heavy atom. The normalized spacial score (nSPS) is 20.1. The average molecular weight is 449 g/mol. The highest BCUT2D eigenvalue weighted by molar-refractivity contribution is 6.05. The summed E-state index contributed by atoms with van der Waals surface area (Å²) in [7, 11) is 0. The molecule has 9 nitrogen and oxygen atoms in total. The highest BCUT2D eigenvalue weighted by Gasteiger charge is 2.47. The Bertz CT molecular complexity index is 1090. The number of carbonyl (C=O) groups excluding carboxylic acids is 3. The fraction of sp³-hybridized carbons (Fsp3) is 0.458. The molecule has 33 heavy (non-hydrogen) atoms. The summed E-state index contributed by atoms with van der Waals surface area (Å²) in [5.74, 6) is 1.11. The molecular formula is C24H28N6O3. The van der Waals surface area contributed by atoms with Crippen molar-refractivity contribution in [2.75, 3.05) is 37.6 Å². The van der Waals surface area contributed by atoms with Gasteiger partial charge in [0.15, 0.2) is 0 Å². The maximum absolute atomic E-state index is 13.1. The van der Waals surface area contributed by atoms with Gasteiger partial charge in [-0.25, -0.2) is 9.97 Å². The van der Waals surface area contributed by atoms with Crippen molar-refractivity contribution in [1.29, 1.82) is 0 Å². The van der Waals surface area contributed by atoms with Crippen LogP contribution in [-0.2, 0) is 9.59 Å². The number of nitrogens with zero attached hydrogens (tertiary/aromatic N) is 5. The predicted octanol–water partition coefficient (Wildman–Crippen LogP) is 1.22. The van der Waals surface area contributed by atoms with Gasteiger partial charge in [-0.1, -0.05) is 18.2 Å². The lowest BCUT2D eigenvalue weighted by molar-refractivity contribution is -0.134. The van der Waals surface area contributed by atoms with Crippen LogP contribution in [0.3, 0.4) is 0 Å². The lowest BCUT2D eigenvalue weighted by atomic mass is 10.0. The van der Waals surface area contributed by atoms with Crippen molar-refractivity contribution in [2.24, 2.45) is 0 Å². The van der Waals surface area contributed by atoms with Crippen molar-refractivity contribution in [3.05, 3.63) is 53.0 Å². The Balaban J connectivity index is 1.18. The molecule has 1 aromatic heterocycles. The molecule has 5 rings (SSSR count). The number of nitrogens with one attached hydrogen (secondary N) is 1. The molecule has 0 radical (unpaired) electrons. The van der Waals surface area contributed by atoms with Crippen molar-refractivity contribution in [3.8, 4) is 0 Å². The van der Waals surface area contributed by atoms with Gasteiger partial charge in [0.05, 0.1) is 6.54 Å². The first-order chi connectivity index (χ1) is 15.9. The highest BCUT2D eigenvalue weighted by Crippen LogP contribution is 2.41. The second-order valence-corrected chi connectivity index (χ2v) is 8.93. The summed E-state index contributed by atoms with van der Waals surface area (Å²) in [5.41, 5.74) is 2.23. The molecule has 0 spiro atoms. The van der Waals surface area contributed by atoms with E-state index in [0.29, 0.717) is 31.7 Å². The third kappa shape index (κ3) is 4.15. The summed E-state index contributed by atoms with van der Waals surface area (Å²) in [4.78, 5) is 53.1. The fourth-order valence-electron chi connectivity index (χ4n) is 4.75. The van der Waals surface area contributed by atoms with Crippen LogP contribution in [0.25, 0.3) is 0 Å². The zero-order chi connectivity index (χ0) is 23.1. The van der Waals surface area contributed by atoms with Gasteiger partial charge in [0.2, 0.25) is 11.8 Å². The molecule has 3 amide bonds. The quantitative estimate of drug-likeness (QED) is 0.739. The minimum Gasteiger partial charge on any atom is -0.353 e. The summed E-state index contributed by atoms with van der Waals surface area (Å²) in [5, 5.41) is 2.80. The van der Waals surface area contributed by atoms with Gasteiger partial charge in [-0.05, 0) is 38.3 Å². The molecule has 172 valence electrons. The van der Waals surface area contributed by atoms with Gasteiger partial charge in [-0.15, -0.1) is 0 Å². The van der Waals surface area contributed by atoms with Crippen LogP contribution in [-0.4, -0.2) is 76.3 Å². The summed E-state index contributed by atoms with van der Waals surface area (Å²) in [6, 6.07) is 8.66. The number of benzene rings is 1. The third-order valence-corrected chi connectivity index (χ3v) is 6.51. The number of amides is 3. The Morgan fingerprint density at radius 1 is 1.06 bits per heavy atom. The van der Waals surface area contributed by atoms with Gasteiger partial charge in [0, 0.05) is 49.5 Å². The number of aryl methyl sites for hydroxylation is 2. The van der Waals surface area contributed by atoms with Gasteiger partial charge >= 0.3 is 0 Å². The predicted molar refractivity (Wildman–Crippen MR) is 122 cm³/mol. The minimum atomic E-state index is -0.657. The molecule has 1 unspecified atom stereocenters. The van der Waals surface area contributed by atoms with E-state index < -0.39 is 6.04 Å². The lowest BCUT2D eigenvalue weighted by Gasteiger charge is -2.35. The Morgan fingerprint density at radius 2 is 1.79 bits per heavy atom. The number of fused-ring (bicyclic) bond motifs is 1. The van der Waals surface area contributed by atoms with E-state index in [4.69, 9.17) is 0 Å². The Labute approximate surface area is 192 Å². The third-order valence-electron chi connectivity index (χ3n) is 6.51. The lowest BCUT2D eigenvalue weighted by Crippen LogP contribution is -2.52. The molecule has 2 fully saturated rings. The maximum atomic E-state index is 13.1. The summed E-state index contributed by atoms with van der Waals surface area (Å²) in [6.07, 6.45) is 1.83. The Kier molecular flexibility index (Phi) is 5.47. The molecule has 3 aliphatic rings. The molecule has 0 bridgehead atoms. The van der Waals surface area contributed by atoms with E-state index in [9.17, 15) is 14.4 Å². The van der Waals surface area contributed by atoms with Crippen LogP contribution in [0.4, 0.5) is 5.82 Å². The molecule has 2 aromatic rings. The topological polar surface area (TPSA) is 98.7 Å². The minimum absolute atomic E-state index is 0.0735. The molecule has 1 saturated carbocycles. The van der Waals surface area contributed by atoms with Crippen LogP contribution in [0, 0.1) is 13.8 Å². The van der Waals surface area contributed by atoms with E-state index in [2.05, 4.69) is 20.2 Å². The molecule has 9 heteroatoms. The van der Waals surface area contributed by atoms with Gasteiger partial charge in [-0.3, -0.25) is 14.4 Å². The van der Waals surface area contributed by atoms with E-state index in [1.807, 2.05) is 38.1 Å². The van der Waals surface area contributed by atoms with E-state index in [-0.39, 0.29) is 30.3 Å². The van der Waals surface area contributed by atoms with E-state index in [1.54, 1.807) is 15.9 Å². The van der Waals surface area contributed by atoms with Crippen LogP contribution in [0.2, 0.25) is 0 Å². The maximum Gasteiger partial charge on any atom is 0.255 e. The highest BCUT2D eigenvalue weighted by atomic mass is 16.2. The molecule has 1 aromatic carbocycles. The van der Waals surface area contributed by atoms with E-state index in [1.165, 1.54) is 0 Å². The zero-order valence-electron chi connectivity index (χ0n) is 19.0. The summed E-state index contributed by atoms with van der Waals surface area (Å²) >= 11 is 0. The van der Waals surface area contributed by atoms with Gasteiger partial charge in [-0.2, -0.15) is 0 Å². The summed E-state index contributed by atoms with van der Waals surface area (Å²) < 4.78 is 0. The van der Waals surface area contributed by atoms with Crippen LogP contribution < -0.4 is 10.2 Å². The number of rotatable bonds is 5. The number of hydrogen-bond acceptors (Lipinski definition) is 6. The van der Waals surface area contributed by atoms with Gasteiger partial charge in [0.25, 0.3) is 5.91 Å². The van der Waals surface area contributed by atoms with Crippen LogP contribution in [0.15, 0.2) is 30.3 Å². The van der Waals surface area contributed by atoms with Crippen molar-refractivity contribution < 1.29 is 14.4 Å². The smallest absolute Gasteiger partial charge is 0.255 e. The first-order valence-corrected chi connectivity index (χ1v) is 11.5. The summed E-state index contributed by atoms with van der Waals surface area (Å²) in [6.45, 7) is 6.23. The van der Waals surface area contributed by atoms with Crippen molar-refractivity contribution in [2.45, 2.75) is 38.8 Å². The zero-order valence-corrected chi connectivity index (χ0v) is 19.0. The van der Waals surface area contributed by atoms with Gasteiger partial charge < -0.3 is 20.0 Å². The van der Waals surface area contributed by atoms with Crippen LogP contribution >= 0.6 is 0 Å². The molecule has 1 aliphatic carbocycles. The number of hydrogen-bond donors (Lipinski definition) is 1. The first-order valence-electron chi connectivity index (χ1n) is 11.5. The molecule has 3 heterocycles. The molecule has 1 N–H and O–H groups in total. The van der Waals surface area contributed by atoms with Gasteiger partial charge in [0.1, 0.15) is 17.7 Å².